The van der Waals surface area contributed by atoms with Crippen LogP contribution >= 0.6 is 0 Å². The lowest BCUT2D eigenvalue weighted by atomic mass is 10.1. The van der Waals surface area contributed by atoms with Crippen molar-refractivity contribution in [3.05, 3.63) is 18.6 Å². The molecule has 0 unspecified atom stereocenters. The van der Waals surface area contributed by atoms with Gasteiger partial charge in [0, 0.05) is 11.7 Å². The van der Waals surface area contributed by atoms with Crippen LogP contribution < -0.4 is 4.90 Å². The Balaban J connectivity index is 2.97. The molecule has 1 aromatic rings. The molecule has 0 saturated carbocycles. The van der Waals surface area contributed by atoms with Gasteiger partial charge in [-0.2, -0.15) is 0 Å². The smallest absolute Gasteiger partial charge is 0.323 e. The van der Waals surface area contributed by atoms with Crippen LogP contribution in [0.15, 0.2) is 18.6 Å². The van der Waals surface area contributed by atoms with Crippen molar-refractivity contribution < 1.29 is 9.90 Å². The molecule has 0 atom stereocenters. The fourth-order valence-electron chi connectivity index (χ4n) is 1.24. The normalized spacial score (nSPS) is 11.1. The lowest BCUT2D eigenvalue weighted by molar-refractivity contribution is -0.135. The zero-order valence-corrected chi connectivity index (χ0v) is 9.14. The van der Waals surface area contributed by atoms with E-state index in [0.29, 0.717) is 5.82 Å². The summed E-state index contributed by atoms with van der Waals surface area (Å²) in [6.07, 6.45) is 3.01. The molecule has 0 spiro atoms. The van der Waals surface area contributed by atoms with E-state index in [9.17, 15) is 4.79 Å². The van der Waals surface area contributed by atoms with Crippen LogP contribution in [0.3, 0.4) is 0 Å². The van der Waals surface area contributed by atoms with Gasteiger partial charge in [-0.05, 0) is 26.8 Å². The van der Waals surface area contributed by atoms with Crippen LogP contribution in [0.25, 0.3) is 0 Å². The van der Waals surface area contributed by atoms with Crippen LogP contribution in [-0.2, 0) is 4.79 Å². The number of carbonyl (C=O) groups is 1. The van der Waals surface area contributed by atoms with Crippen molar-refractivity contribution in [1.82, 2.24) is 9.97 Å². The fraction of sp³-hybridized carbons (Fsp3) is 0.500. The summed E-state index contributed by atoms with van der Waals surface area (Å²) in [7, 11) is 0. The topological polar surface area (TPSA) is 66.3 Å². The Morgan fingerprint density at radius 1 is 1.53 bits per heavy atom. The van der Waals surface area contributed by atoms with Crippen molar-refractivity contribution >= 4 is 11.8 Å². The van der Waals surface area contributed by atoms with Gasteiger partial charge in [0.25, 0.3) is 0 Å². The number of hydrogen-bond donors (Lipinski definition) is 1. The zero-order chi connectivity index (χ0) is 11.5. The summed E-state index contributed by atoms with van der Waals surface area (Å²) in [5, 5.41) is 8.82. The highest BCUT2D eigenvalue weighted by molar-refractivity contribution is 5.73. The van der Waals surface area contributed by atoms with Crippen LogP contribution in [0.5, 0.6) is 0 Å². The summed E-state index contributed by atoms with van der Waals surface area (Å²) in [6, 6.07) is 1.70. The minimum atomic E-state index is -0.872. The van der Waals surface area contributed by atoms with Gasteiger partial charge < -0.3 is 10.0 Å². The minimum Gasteiger partial charge on any atom is -0.480 e. The molecule has 15 heavy (non-hydrogen) atoms. The van der Waals surface area contributed by atoms with Gasteiger partial charge in [-0.3, -0.25) is 4.79 Å². The van der Waals surface area contributed by atoms with Gasteiger partial charge in [-0.1, -0.05) is 0 Å². The first-order valence-electron chi connectivity index (χ1n) is 4.66. The molecule has 0 radical (unpaired) electrons. The number of nitrogens with zero attached hydrogens (tertiary/aromatic N) is 3. The molecular weight excluding hydrogens is 194 g/mol. The van der Waals surface area contributed by atoms with E-state index >= 15 is 0 Å². The van der Waals surface area contributed by atoms with Gasteiger partial charge in [0.1, 0.15) is 18.7 Å². The maximum Gasteiger partial charge on any atom is 0.323 e. The number of anilines is 1. The molecule has 5 nitrogen and oxygen atoms in total. The molecule has 0 aromatic carbocycles. The predicted molar refractivity (Wildman–Crippen MR) is 56.8 cm³/mol. The molecule has 0 aliphatic carbocycles. The summed E-state index contributed by atoms with van der Waals surface area (Å²) < 4.78 is 0. The molecule has 0 aliphatic heterocycles. The van der Waals surface area contributed by atoms with Crippen molar-refractivity contribution in [2.45, 2.75) is 26.3 Å². The Kier molecular flexibility index (Phi) is 3.24. The summed E-state index contributed by atoms with van der Waals surface area (Å²) in [4.78, 5) is 20.3. The van der Waals surface area contributed by atoms with Gasteiger partial charge in [0.15, 0.2) is 0 Å². The summed E-state index contributed by atoms with van der Waals surface area (Å²) in [6.45, 7) is 5.76. The minimum absolute atomic E-state index is 0.0689. The van der Waals surface area contributed by atoms with Crippen molar-refractivity contribution in [2.24, 2.45) is 0 Å². The molecule has 0 bridgehead atoms. The van der Waals surface area contributed by atoms with E-state index in [0.717, 1.165) is 0 Å². The molecule has 1 heterocycles. The van der Waals surface area contributed by atoms with E-state index < -0.39 is 5.97 Å². The molecule has 1 rings (SSSR count). The van der Waals surface area contributed by atoms with Crippen molar-refractivity contribution in [2.75, 3.05) is 11.4 Å². The second-order valence-electron chi connectivity index (χ2n) is 4.22. The molecule has 0 saturated heterocycles. The SMILES string of the molecule is CC(C)(C)N(CC(=O)O)c1ccncn1. The maximum atomic E-state index is 10.7. The average Bonchev–Trinajstić information content (AvgIpc) is 2.14. The van der Waals surface area contributed by atoms with Gasteiger partial charge in [0.2, 0.25) is 0 Å². The maximum absolute atomic E-state index is 10.7. The Hall–Kier alpha value is -1.65. The third-order valence-corrected chi connectivity index (χ3v) is 1.95. The summed E-state index contributed by atoms with van der Waals surface area (Å²) in [5.74, 6) is -0.247. The quantitative estimate of drug-likeness (QED) is 0.809. The van der Waals surface area contributed by atoms with E-state index in [4.69, 9.17) is 5.11 Å². The molecular formula is C10H15N3O2. The second-order valence-corrected chi connectivity index (χ2v) is 4.22. The molecule has 82 valence electrons. The van der Waals surface area contributed by atoms with Gasteiger partial charge in [-0.15, -0.1) is 0 Å². The van der Waals surface area contributed by atoms with Crippen molar-refractivity contribution in [3.8, 4) is 0 Å². The van der Waals surface area contributed by atoms with E-state index in [1.807, 2.05) is 20.8 Å². The van der Waals surface area contributed by atoms with Gasteiger partial charge in [0.05, 0.1) is 0 Å². The Labute approximate surface area is 88.8 Å². The van der Waals surface area contributed by atoms with E-state index in [1.54, 1.807) is 17.2 Å². The fourth-order valence-corrected chi connectivity index (χ4v) is 1.24. The molecule has 0 fully saturated rings. The van der Waals surface area contributed by atoms with Crippen LogP contribution in [0.1, 0.15) is 20.8 Å². The highest BCUT2D eigenvalue weighted by atomic mass is 16.4. The van der Waals surface area contributed by atoms with Crippen LogP contribution in [0, 0.1) is 0 Å². The van der Waals surface area contributed by atoms with Crippen molar-refractivity contribution in [3.63, 3.8) is 0 Å². The van der Waals surface area contributed by atoms with Crippen molar-refractivity contribution in [1.29, 1.82) is 0 Å². The standard InChI is InChI=1S/C10H15N3O2/c1-10(2,3)13(6-9(14)15)8-4-5-11-7-12-8/h4-5,7H,6H2,1-3H3,(H,14,15). The number of rotatable bonds is 3. The van der Waals surface area contributed by atoms with E-state index in [-0.39, 0.29) is 12.1 Å². The lowest BCUT2D eigenvalue weighted by Gasteiger charge is -2.35. The number of carboxylic acid groups (broad SMARTS) is 1. The number of aliphatic carboxylic acids is 1. The van der Waals surface area contributed by atoms with Crippen LogP contribution in [0.2, 0.25) is 0 Å². The second kappa shape index (κ2) is 4.25. The molecule has 5 heteroatoms. The first-order chi connectivity index (χ1) is 6.91. The Morgan fingerprint density at radius 2 is 2.20 bits per heavy atom. The first kappa shape index (κ1) is 11.4. The third kappa shape index (κ3) is 3.19. The predicted octanol–water partition coefficient (Wildman–Crippen LogP) is 1.17. The third-order valence-electron chi connectivity index (χ3n) is 1.95. The molecule has 1 N–H and O–H groups in total. The molecule has 0 aliphatic rings. The highest BCUT2D eigenvalue weighted by Crippen LogP contribution is 2.20. The van der Waals surface area contributed by atoms with Gasteiger partial charge >= 0.3 is 5.97 Å². The zero-order valence-electron chi connectivity index (χ0n) is 9.14. The molecule has 0 amide bonds. The highest BCUT2D eigenvalue weighted by Gasteiger charge is 2.24. The monoisotopic (exact) mass is 209 g/mol. The molecule has 1 aromatic heterocycles. The van der Waals surface area contributed by atoms with E-state index in [1.165, 1.54) is 6.33 Å². The van der Waals surface area contributed by atoms with E-state index in [2.05, 4.69) is 9.97 Å². The average molecular weight is 209 g/mol. The first-order valence-corrected chi connectivity index (χ1v) is 4.66. The van der Waals surface area contributed by atoms with Crippen LogP contribution in [0.4, 0.5) is 5.82 Å². The number of carboxylic acids is 1. The number of aromatic nitrogens is 2. The van der Waals surface area contributed by atoms with Gasteiger partial charge in [-0.25, -0.2) is 9.97 Å². The Bertz CT molecular complexity index is 332. The summed E-state index contributed by atoms with van der Waals surface area (Å²) >= 11 is 0. The number of hydrogen-bond acceptors (Lipinski definition) is 4. The largest absolute Gasteiger partial charge is 0.480 e. The lowest BCUT2D eigenvalue weighted by Crippen LogP contribution is -2.45. The van der Waals surface area contributed by atoms with Crippen LogP contribution in [-0.4, -0.2) is 33.1 Å². The Morgan fingerprint density at radius 3 is 2.60 bits per heavy atom. The summed E-state index contributed by atoms with van der Waals surface area (Å²) in [5.41, 5.74) is -0.285.